The molecule has 0 radical (unpaired) electrons. The Kier molecular flexibility index (Phi) is 5.82. The Labute approximate surface area is 102 Å². The van der Waals surface area contributed by atoms with Gasteiger partial charge in [-0.2, -0.15) is 0 Å². The van der Waals surface area contributed by atoms with Gasteiger partial charge in [0.1, 0.15) is 0 Å². The van der Waals surface area contributed by atoms with Crippen LogP contribution in [0.15, 0.2) is 0 Å². The van der Waals surface area contributed by atoms with Crippen LogP contribution in [0, 0.1) is 11.3 Å². The molecule has 0 aromatic rings. The van der Waals surface area contributed by atoms with E-state index in [1.165, 1.54) is 51.5 Å². The number of hydrogen-bond acceptors (Lipinski definition) is 1. The zero-order valence-corrected chi connectivity index (χ0v) is 11.8. The van der Waals surface area contributed by atoms with Crippen molar-refractivity contribution < 1.29 is 0 Å². The van der Waals surface area contributed by atoms with E-state index < -0.39 is 0 Å². The molecule has 0 spiro atoms. The SMILES string of the molecule is CC(C)C(C)(C)CNC1CCCCCCC1. The molecular weight excluding hydrogens is 194 g/mol. The molecule has 1 fully saturated rings. The Hall–Kier alpha value is -0.0400. The molecule has 0 unspecified atom stereocenters. The van der Waals surface area contributed by atoms with Crippen molar-refractivity contribution in [1.29, 1.82) is 0 Å². The summed E-state index contributed by atoms with van der Waals surface area (Å²) in [5.41, 5.74) is 0.433. The van der Waals surface area contributed by atoms with Gasteiger partial charge in [0.15, 0.2) is 0 Å². The lowest BCUT2D eigenvalue weighted by Crippen LogP contribution is -2.39. The third kappa shape index (κ3) is 4.86. The molecule has 0 heterocycles. The van der Waals surface area contributed by atoms with Crippen LogP contribution in [0.2, 0.25) is 0 Å². The minimum Gasteiger partial charge on any atom is -0.313 e. The molecule has 0 bridgehead atoms. The minimum atomic E-state index is 0.433. The van der Waals surface area contributed by atoms with Gasteiger partial charge in [0.05, 0.1) is 0 Å². The molecule has 0 aromatic heterocycles. The average molecular weight is 225 g/mol. The highest BCUT2D eigenvalue weighted by atomic mass is 14.9. The van der Waals surface area contributed by atoms with Crippen molar-refractivity contribution in [2.24, 2.45) is 11.3 Å². The van der Waals surface area contributed by atoms with E-state index in [0.29, 0.717) is 5.41 Å². The quantitative estimate of drug-likeness (QED) is 0.749. The molecule has 0 saturated heterocycles. The predicted molar refractivity (Wildman–Crippen MR) is 72.7 cm³/mol. The standard InChI is InChI=1S/C15H31N/c1-13(2)15(3,4)12-16-14-10-8-6-5-7-9-11-14/h13-14,16H,5-12H2,1-4H3. The first kappa shape index (κ1) is 14.0. The zero-order chi connectivity index (χ0) is 12.0. The molecule has 0 amide bonds. The minimum absolute atomic E-state index is 0.433. The van der Waals surface area contributed by atoms with Crippen LogP contribution in [0.5, 0.6) is 0 Å². The highest BCUT2D eigenvalue weighted by Crippen LogP contribution is 2.26. The van der Waals surface area contributed by atoms with E-state index in [9.17, 15) is 0 Å². The largest absolute Gasteiger partial charge is 0.313 e. The lowest BCUT2D eigenvalue weighted by atomic mass is 9.81. The number of hydrogen-bond donors (Lipinski definition) is 1. The van der Waals surface area contributed by atoms with Gasteiger partial charge in [0.25, 0.3) is 0 Å². The van der Waals surface area contributed by atoms with Gasteiger partial charge in [-0.05, 0) is 24.2 Å². The lowest BCUT2D eigenvalue weighted by Gasteiger charge is -2.32. The van der Waals surface area contributed by atoms with Crippen molar-refractivity contribution in [3.8, 4) is 0 Å². The van der Waals surface area contributed by atoms with Gasteiger partial charge in [-0.3, -0.25) is 0 Å². The highest BCUT2D eigenvalue weighted by Gasteiger charge is 2.23. The van der Waals surface area contributed by atoms with E-state index in [1.54, 1.807) is 0 Å². The van der Waals surface area contributed by atoms with E-state index in [0.717, 1.165) is 12.0 Å². The topological polar surface area (TPSA) is 12.0 Å². The van der Waals surface area contributed by atoms with Crippen molar-refractivity contribution >= 4 is 0 Å². The van der Waals surface area contributed by atoms with Gasteiger partial charge >= 0.3 is 0 Å². The summed E-state index contributed by atoms with van der Waals surface area (Å²) in [7, 11) is 0. The summed E-state index contributed by atoms with van der Waals surface area (Å²) in [6.07, 6.45) is 10.0. The smallest absolute Gasteiger partial charge is 0.00672 e. The first-order valence-corrected chi connectivity index (χ1v) is 7.26. The normalized spacial score (nSPS) is 20.8. The molecule has 1 aliphatic rings. The van der Waals surface area contributed by atoms with Crippen molar-refractivity contribution in [2.75, 3.05) is 6.54 Å². The lowest BCUT2D eigenvalue weighted by molar-refractivity contribution is 0.220. The Bertz CT molecular complexity index is 176. The number of rotatable bonds is 4. The fourth-order valence-corrected chi connectivity index (χ4v) is 2.27. The van der Waals surface area contributed by atoms with Crippen molar-refractivity contribution in [2.45, 2.75) is 78.7 Å². The second-order valence-electron chi connectivity index (χ2n) is 6.57. The molecule has 1 N–H and O–H groups in total. The maximum Gasteiger partial charge on any atom is 0.00672 e. The molecule has 1 rings (SSSR count). The summed E-state index contributed by atoms with van der Waals surface area (Å²) in [4.78, 5) is 0. The van der Waals surface area contributed by atoms with E-state index in [2.05, 4.69) is 33.0 Å². The molecule has 1 aliphatic carbocycles. The molecule has 1 saturated carbocycles. The maximum atomic E-state index is 3.81. The maximum absolute atomic E-state index is 3.81. The Morgan fingerprint density at radius 1 is 1.00 bits per heavy atom. The Morgan fingerprint density at radius 3 is 2.00 bits per heavy atom. The molecule has 0 aromatic carbocycles. The van der Waals surface area contributed by atoms with E-state index in [1.807, 2.05) is 0 Å². The number of nitrogens with one attached hydrogen (secondary N) is 1. The van der Waals surface area contributed by atoms with Gasteiger partial charge < -0.3 is 5.32 Å². The molecule has 0 aliphatic heterocycles. The van der Waals surface area contributed by atoms with Crippen LogP contribution in [0.25, 0.3) is 0 Å². The van der Waals surface area contributed by atoms with Gasteiger partial charge in [-0.15, -0.1) is 0 Å². The monoisotopic (exact) mass is 225 g/mol. The molecule has 0 atom stereocenters. The summed E-state index contributed by atoms with van der Waals surface area (Å²) in [6, 6.07) is 0.790. The first-order chi connectivity index (χ1) is 7.52. The molecule has 1 heteroatoms. The summed E-state index contributed by atoms with van der Waals surface area (Å²) in [5.74, 6) is 0.758. The third-order valence-electron chi connectivity index (χ3n) is 4.51. The molecular formula is C15H31N. The van der Waals surface area contributed by atoms with Crippen molar-refractivity contribution in [1.82, 2.24) is 5.32 Å². The highest BCUT2D eigenvalue weighted by molar-refractivity contribution is 4.78. The van der Waals surface area contributed by atoms with Crippen molar-refractivity contribution in [3.05, 3.63) is 0 Å². The summed E-state index contributed by atoms with van der Waals surface area (Å²) < 4.78 is 0. The third-order valence-corrected chi connectivity index (χ3v) is 4.51. The predicted octanol–water partition coefficient (Wildman–Crippen LogP) is 4.37. The van der Waals surface area contributed by atoms with Gasteiger partial charge in [-0.25, -0.2) is 0 Å². The van der Waals surface area contributed by atoms with Crippen molar-refractivity contribution in [3.63, 3.8) is 0 Å². The summed E-state index contributed by atoms with van der Waals surface area (Å²) in [6.45, 7) is 10.6. The molecule has 16 heavy (non-hydrogen) atoms. The fourth-order valence-electron chi connectivity index (χ4n) is 2.27. The van der Waals surface area contributed by atoms with Crippen LogP contribution in [0.1, 0.15) is 72.6 Å². The fraction of sp³-hybridized carbons (Fsp3) is 1.00. The van der Waals surface area contributed by atoms with Gasteiger partial charge in [0, 0.05) is 12.6 Å². The van der Waals surface area contributed by atoms with E-state index in [4.69, 9.17) is 0 Å². The van der Waals surface area contributed by atoms with Gasteiger partial charge in [0.2, 0.25) is 0 Å². The van der Waals surface area contributed by atoms with Crippen LogP contribution < -0.4 is 5.32 Å². The Morgan fingerprint density at radius 2 is 1.50 bits per heavy atom. The summed E-state index contributed by atoms with van der Waals surface area (Å²) >= 11 is 0. The van der Waals surface area contributed by atoms with Crippen LogP contribution >= 0.6 is 0 Å². The summed E-state index contributed by atoms with van der Waals surface area (Å²) in [5, 5.41) is 3.81. The average Bonchev–Trinajstić information content (AvgIpc) is 2.15. The van der Waals surface area contributed by atoms with E-state index >= 15 is 0 Å². The first-order valence-electron chi connectivity index (χ1n) is 7.26. The van der Waals surface area contributed by atoms with Gasteiger partial charge in [-0.1, -0.05) is 59.8 Å². The molecule has 1 nitrogen and oxygen atoms in total. The van der Waals surface area contributed by atoms with Crippen LogP contribution in [0.3, 0.4) is 0 Å². The zero-order valence-electron chi connectivity index (χ0n) is 11.8. The molecule has 96 valence electrons. The van der Waals surface area contributed by atoms with Crippen LogP contribution in [0.4, 0.5) is 0 Å². The van der Waals surface area contributed by atoms with Crippen LogP contribution in [-0.4, -0.2) is 12.6 Å². The second kappa shape index (κ2) is 6.64. The Balaban J connectivity index is 2.29. The second-order valence-corrected chi connectivity index (χ2v) is 6.57. The van der Waals surface area contributed by atoms with E-state index in [-0.39, 0.29) is 0 Å². The van der Waals surface area contributed by atoms with Crippen LogP contribution in [-0.2, 0) is 0 Å².